The minimum absolute atomic E-state index is 0.304. The first-order valence-electron chi connectivity index (χ1n) is 8.63. The van der Waals surface area contributed by atoms with E-state index in [2.05, 4.69) is 24.0 Å². The summed E-state index contributed by atoms with van der Waals surface area (Å²) in [6, 6.07) is 6.36. The molecule has 2 aliphatic rings. The second-order valence-corrected chi connectivity index (χ2v) is 6.77. The van der Waals surface area contributed by atoms with E-state index in [1.54, 1.807) is 0 Å². The van der Waals surface area contributed by atoms with Gasteiger partial charge in [-0.2, -0.15) is 0 Å². The summed E-state index contributed by atoms with van der Waals surface area (Å²) < 4.78 is 0. The van der Waals surface area contributed by atoms with Gasteiger partial charge in [-0.15, -0.1) is 0 Å². The molecule has 0 unspecified atom stereocenters. The summed E-state index contributed by atoms with van der Waals surface area (Å²) in [5.74, 6) is 1.19. The molecule has 0 saturated carbocycles. The van der Waals surface area contributed by atoms with Crippen molar-refractivity contribution in [1.29, 1.82) is 0 Å². The third-order valence-corrected chi connectivity index (χ3v) is 5.19. The number of likely N-dealkylation sites (tertiary alicyclic amines) is 1. The van der Waals surface area contributed by atoms with Crippen LogP contribution < -0.4 is 0 Å². The van der Waals surface area contributed by atoms with Crippen molar-refractivity contribution in [3.8, 4) is 0 Å². The Morgan fingerprint density at radius 1 is 1.19 bits per heavy atom. The normalized spacial score (nSPS) is 19.7. The van der Waals surface area contributed by atoms with Crippen LogP contribution in [0.25, 0.3) is 0 Å². The summed E-state index contributed by atoms with van der Waals surface area (Å²) in [6.45, 7) is 5.07. The van der Waals surface area contributed by atoms with Crippen LogP contribution in [0, 0.1) is 5.92 Å². The molecule has 0 amide bonds. The summed E-state index contributed by atoms with van der Waals surface area (Å²) in [4.78, 5) is 14.8. The zero-order valence-corrected chi connectivity index (χ0v) is 13.2. The van der Waals surface area contributed by atoms with Crippen LogP contribution in [0.15, 0.2) is 18.2 Å². The van der Waals surface area contributed by atoms with Gasteiger partial charge in [0.2, 0.25) is 0 Å². The van der Waals surface area contributed by atoms with Gasteiger partial charge in [-0.1, -0.05) is 31.9 Å². The highest BCUT2D eigenvalue weighted by Crippen LogP contribution is 2.24. The lowest BCUT2D eigenvalue weighted by Gasteiger charge is -2.31. The second-order valence-electron chi connectivity index (χ2n) is 6.77. The maximum Gasteiger partial charge on any atom is 0.176 e. The van der Waals surface area contributed by atoms with Gasteiger partial charge in [-0.05, 0) is 68.3 Å². The maximum atomic E-state index is 12.5. The third kappa shape index (κ3) is 3.55. The molecule has 0 bridgehead atoms. The summed E-state index contributed by atoms with van der Waals surface area (Å²) in [5.41, 5.74) is 3.78. The Morgan fingerprint density at radius 2 is 1.95 bits per heavy atom. The van der Waals surface area contributed by atoms with Crippen LogP contribution in [0.4, 0.5) is 0 Å². The number of carbonyl (C=O) groups excluding carboxylic acids is 1. The highest BCUT2D eigenvalue weighted by molar-refractivity contribution is 5.97. The van der Waals surface area contributed by atoms with Crippen LogP contribution in [-0.4, -0.2) is 30.3 Å². The molecule has 0 atom stereocenters. The number of carbonyl (C=O) groups is 1. The van der Waals surface area contributed by atoms with Crippen molar-refractivity contribution < 1.29 is 4.79 Å². The van der Waals surface area contributed by atoms with Crippen LogP contribution in [0.5, 0.6) is 0 Å². The summed E-state index contributed by atoms with van der Waals surface area (Å²) in [6.07, 6.45) is 8.77. The Balaban J connectivity index is 1.55. The standard InChI is InChI=1S/C19H27NO/c1-2-4-15-9-11-20(12-10-15)14-19(21)18-8-7-16-5-3-6-17(16)13-18/h7-8,13,15H,2-6,9-12,14H2,1H3. The van der Waals surface area contributed by atoms with Gasteiger partial charge in [-0.25, -0.2) is 0 Å². The van der Waals surface area contributed by atoms with E-state index in [-0.39, 0.29) is 0 Å². The molecule has 1 saturated heterocycles. The molecule has 1 aromatic carbocycles. The number of hydrogen-bond donors (Lipinski definition) is 0. The zero-order chi connectivity index (χ0) is 14.7. The van der Waals surface area contributed by atoms with E-state index in [4.69, 9.17) is 0 Å². The Kier molecular flexibility index (Phi) is 4.74. The average molecular weight is 285 g/mol. The molecule has 1 aromatic rings. The molecular formula is C19H27NO. The second kappa shape index (κ2) is 6.74. The highest BCUT2D eigenvalue weighted by atomic mass is 16.1. The van der Waals surface area contributed by atoms with E-state index >= 15 is 0 Å². The molecule has 1 fully saturated rings. The van der Waals surface area contributed by atoms with E-state index in [1.165, 1.54) is 49.7 Å². The van der Waals surface area contributed by atoms with Crippen molar-refractivity contribution in [2.24, 2.45) is 5.92 Å². The number of piperidine rings is 1. The maximum absolute atomic E-state index is 12.5. The molecule has 0 radical (unpaired) electrons. The van der Waals surface area contributed by atoms with Crippen LogP contribution in [0.2, 0.25) is 0 Å². The molecule has 0 aromatic heterocycles. The predicted molar refractivity (Wildman–Crippen MR) is 86.9 cm³/mol. The van der Waals surface area contributed by atoms with Crippen LogP contribution in [0.3, 0.4) is 0 Å². The molecule has 1 aliphatic carbocycles. The smallest absolute Gasteiger partial charge is 0.176 e. The molecule has 0 spiro atoms. The quantitative estimate of drug-likeness (QED) is 0.765. The average Bonchev–Trinajstić information content (AvgIpc) is 2.97. The molecule has 0 N–H and O–H groups in total. The minimum Gasteiger partial charge on any atom is -0.296 e. The number of benzene rings is 1. The first-order valence-corrected chi connectivity index (χ1v) is 8.63. The molecule has 21 heavy (non-hydrogen) atoms. The number of Topliss-reactive ketones (excluding diaryl/α,β-unsaturated/α-hetero) is 1. The van der Waals surface area contributed by atoms with Gasteiger partial charge >= 0.3 is 0 Å². The topological polar surface area (TPSA) is 20.3 Å². The Hall–Kier alpha value is -1.15. The SMILES string of the molecule is CCCC1CCN(CC(=O)c2ccc3c(c2)CCC3)CC1. The fraction of sp³-hybridized carbons (Fsp3) is 0.632. The van der Waals surface area contributed by atoms with Crippen molar-refractivity contribution in [2.45, 2.75) is 51.9 Å². The molecule has 2 heteroatoms. The van der Waals surface area contributed by atoms with Crippen molar-refractivity contribution in [1.82, 2.24) is 4.90 Å². The summed E-state index contributed by atoms with van der Waals surface area (Å²) >= 11 is 0. The molecule has 114 valence electrons. The first-order chi connectivity index (χ1) is 10.3. The lowest BCUT2D eigenvalue weighted by atomic mass is 9.92. The fourth-order valence-corrected chi connectivity index (χ4v) is 3.88. The lowest BCUT2D eigenvalue weighted by molar-refractivity contribution is 0.0893. The van der Waals surface area contributed by atoms with Gasteiger partial charge in [0.25, 0.3) is 0 Å². The number of nitrogens with zero attached hydrogens (tertiary/aromatic N) is 1. The lowest BCUT2D eigenvalue weighted by Crippen LogP contribution is -2.37. The number of ketones is 1. The number of fused-ring (bicyclic) bond motifs is 1. The monoisotopic (exact) mass is 285 g/mol. The number of aryl methyl sites for hydroxylation is 2. The number of rotatable bonds is 5. The fourth-order valence-electron chi connectivity index (χ4n) is 3.88. The van der Waals surface area contributed by atoms with Crippen LogP contribution in [0.1, 0.15) is 60.5 Å². The van der Waals surface area contributed by atoms with Crippen molar-refractivity contribution in [2.75, 3.05) is 19.6 Å². The first kappa shape index (κ1) is 14.8. The van der Waals surface area contributed by atoms with E-state index in [9.17, 15) is 4.79 Å². The van der Waals surface area contributed by atoms with Gasteiger partial charge in [0.15, 0.2) is 5.78 Å². The largest absolute Gasteiger partial charge is 0.296 e. The van der Waals surface area contributed by atoms with Gasteiger partial charge in [0.1, 0.15) is 0 Å². The van der Waals surface area contributed by atoms with E-state index in [1.807, 2.05) is 6.07 Å². The predicted octanol–water partition coefficient (Wildman–Crippen LogP) is 3.87. The van der Waals surface area contributed by atoms with Crippen molar-refractivity contribution >= 4 is 5.78 Å². The number of hydrogen-bond acceptors (Lipinski definition) is 2. The van der Waals surface area contributed by atoms with Crippen LogP contribution >= 0.6 is 0 Å². The van der Waals surface area contributed by atoms with Gasteiger partial charge < -0.3 is 0 Å². The Morgan fingerprint density at radius 3 is 2.71 bits per heavy atom. The van der Waals surface area contributed by atoms with E-state index < -0.39 is 0 Å². The van der Waals surface area contributed by atoms with Crippen molar-refractivity contribution in [3.63, 3.8) is 0 Å². The Labute approximate surface area is 128 Å². The molecule has 2 nitrogen and oxygen atoms in total. The van der Waals surface area contributed by atoms with Crippen molar-refractivity contribution in [3.05, 3.63) is 34.9 Å². The summed E-state index contributed by atoms with van der Waals surface area (Å²) in [5, 5.41) is 0. The molecule has 1 heterocycles. The van der Waals surface area contributed by atoms with E-state index in [0.717, 1.165) is 31.0 Å². The van der Waals surface area contributed by atoms with Crippen LogP contribution in [-0.2, 0) is 12.8 Å². The third-order valence-electron chi connectivity index (χ3n) is 5.19. The van der Waals surface area contributed by atoms with E-state index in [0.29, 0.717) is 12.3 Å². The zero-order valence-electron chi connectivity index (χ0n) is 13.2. The molecule has 1 aliphatic heterocycles. The van der Waals surface area contributed by atoms with Gasteiger partial charge in [-0.3, -0.25) is 9.69 Å². The molecule has 3 rings (SSSR count). The highest BCUT2D eigenvalue weighted by Gasteiger charge is 2.21. The molecular weight excluding hydrogens is 258 g/mol. The van der Waals surface area contributed by atoms with Gasteiger partial charge in [0.05, 0.1) is 6.54 Å². The summed E-state index contributed by atoms with van der Waals surface area (Å²) in [7, 11) is 0. The Bertz CT molecular complexity index is 500. The van der Waals surface area contributed by atoms with Gasteiger partial charge in [0, 0.05) is 5.56 Å². The minimum atomic E-state index is 0.304.